The van der Waals surface area contributed by atoms with Crippen molar-refractivity contribution >= 4 is 15.9 Å². The molecule has 0 saturated carbocycles. The highest BCUT2D eigenvalue weighted by Crippen LogP contribution is 2.10. The summed E-state index contributed by atoms with van der Waals surface area (Å²) in [4.78, 5) is 3.84. The number of rotatable bonds is 0. The van der Waals surface area contributed by atoms with Crippen molar-refractivity contribution < 1.29 is 0 Å². The van der Waals surface area contributed by atoms with E-state index in [-0.39, 0.29) is 0 Å². The average molecular weight is 171 g/mol. The molecular formula is C6H5BrN. The van der Waals surface area contributed by atoms with Crippen molar-refractivity contribution in [3.63, 3.8) is 0 Å². The maximum absolute atomic E-state index is 3.84. The van der Waals surface area contributed by atoms with E-state index in [2.05, 4.69) is 27.0 Å². The maximum atomic E-state index is 3.84. The van der Waals surface area contributed by atoms with Crippen molar-refractivity contribution in [1.29, 1.82) is 0 Å². The molecule has 0 fully saturated rings. The average Bonchev–Trinajstić information content (AvgIpc) is 1.77. The van der Waals surface area contributed by atoms with Crippen LogP contribution < -0.4 is 0 Å². The zero-order valence-corrected chi connectivity index (χ0v) is 6.07. The Hall–Kier alpha value is -0.370. The summed E-state index contributed by atoms with van der Waals surface area (Å²) >= 11 is 3.30. The van der Waals surface area contributed by atoms with Gasteiger partial charge in [-0.2, -0.15) is 0 Å². The molecule has 2 heteroatoms. The summed E-state index contributed by atoms with van der Waals surface area (Å²) < 4.78 is 1.01. The van der Waals surface area contributed by atoms with Gasteiger partial charge in [-0.15, -0.1) is 0 Å². The molecule has 41 valence electrons. The lowest BCUT2D eigenvalue weighted by atomic mass is 10.3. The lowest BCUT2D eigenvalue weighted by Crippen LogP contribution is -1.75. The molecule has 0 amide bonds. The van der Waals surface area contributed by atoms with Crippen LogP contribution in [0.15, 0.2) is 16.9 Å². The second-order valence-corrected chi connectivity index (χ2v) is 2.38. The Morgan fingerprint density at radius 2 is 2.50 bits per heavy atom. The Morgan fingerprint density at radius 3 is 2.88 bits per heavy atom. The summed E-state index contributed by atoms with van der Waals surface area (Å²) in [7, 11) is 0. The Balaban J connectivity index is 3.13. The Labute approximate surface area is 56.9 Å². The molecule has 0 N–H and O–H groups in total. The Bertz CT molecular complexity index is 165. The summed E-state index contributed by atoms with van der Waals surface area (Å²) in [6.07, 6.45) is 3.41. The number of pyridine rings is 1. The van der Waals surface area contributed by atoms with Crippen LogP contribution in [0.25, 0.3) is 0 Å². The number of aryl methyl sites for hydroxylation is 1. The predicted molar refractivity (Wildman–Crippen MR) is 35.5 cm³/mol. The first-order valence-corrected chi connectivity index (χ1v) is 3.08. The van der Waals surface area contributed by atoms with Crippen molar-refractivity contribution in [3.05, 3.63) is 28.5 Å². The number of nitrogens with zero attached hydrogens (tertiary/aromatic N) is 1. The molecule has 0 spiro atoms. The first kappa shape index (κ1) is 5.76. The first-order chi connectivity index (χ1) is 3.80. The minimum absolute atomic E-state index is 1.01. The lowest BCUT2D eigenvalue weighted by Gasteiger charge is -1.89. The van der Waals surface area contributed by atoms with Gasteiger partial charge in [-0.3, -0.25) is 4.98 Å². The molecule has 1 heterocycles. The van der Waals surface area contributed by atoms with Gasteiger partial charge in [0.05, 0.1) is 0 Å². The van der Waals surface area contributed by atoms with Crippen LogP contribution in [-0.2, 0) is 0 Å². The zero-order chi connectivity index (χ0) is 5.98. The monoisotopic (exact) mass is 170 g/mol. The van der Waals surface area contributed by atoms with Crippen LogP contribution in [0.5, 0.6) is 0 Å². The molecule has 1 aromatic heterocycles. The van der Waals surface area contributed by atoms with Crippen molar-refractivity contribution in [2.45, 2.75) is 6.92 Å². The smallest absolute Gasteiger partial charge is 0.0413 e. The summed E-state index contributed by atoms with van der Waals surface area (Å²) in [6, 6.07) is 2.94. The highest BCUT2D eigenvalue weighted by Gasteiger charge is 1.87. The topological polar surface area (TPSA) is 12.9 Å². The van der Waals surface area contributed by atoms with Gasteiger partial charge < -0.3 is 0 Å². The van der Waals surface area contributed by atoms with Gasteiger partial charge in [0.25, 0.3) is 0 Å². The number of halogens is 1. The van der Waals surface area contributed by atoms with E-state index in [0.717, 1.165) is 10.0 Å². The molecule has 0 aliphatic rings. The Morgan fingerprint density at radius 1 is 1.75 bits per heavy atom. The summed E-state index contributed by atoms with van der Waals surface area (Å²) in [5.74, 6) is 0. The largest absolute Gasteiger partial charge is 0.263 e. The van der Waals surface area contributed by atoms with E-state index in [9.17, 15) is 0 Å². The van der Waals surface area contributed by atoms with Crippen LogP contribution in [0, 0.1) is 13.0 Å². The molecule has 1 radical (unpaired) electrons. The molecule has 0 bridgehead atoms. The molecular weight excluding hydrogens is 166 g/mol. The third-order valence-corrected chi connectivity index (χ3v) is 1.70. The van der Waals surface area contributed by atoms with Crippen LogP contribution >= 0.6 is 15.9 Å². The van der Waals surface area contributed by atoms with Crippen LogP contribution in [0.4, 0.5) is 0 Å². The fourth-order valence-corrected chi connectivity index (χ4v) is 0.635. The SMILES string of the molecule is Cc1[c]cncc1Br. The van der Waals surface area contributed by atoms with E-state index in [1.807, 2.05) is 6.92 Å². The molecule has 1 rings (SSSR count). The molecule has 0 aliphatic heterocycles. The van der Waals surface area contributed by atoms with Gasteiger partial charge in [0.1, 0.15) is 0 Å². The first-order valence-electron chi connectivity index (χ1n) is 2.28. The van der Waals surface area contributed by atoms with Gasteiger partial charge in [-0.05, 0) is 28.4 Å². The van der Waals surface area contributed by atoms with Crippen molar-refractivity contribution in [2.24, 2.45) is 0 Å². The second kappa shape index (κ2) is 2.27. The van der Waals surface area contributed by atoms with Crippen LogP contribution in [0.1, 0.15) is 5.56 Å². The molecule has 1 aromatic rings. The third kappa shape index (κ3) is 1.07. The van der Waals surface area contributed by atoms with Crippen LogP contribution in [0.2, 0.25) is 0 Å². The highest BCUT2D eigenvalue weighted by atomic mass is 79.9. The van der Waals surface area contributed by atoms with E-state index in [1.54, 1.807) is 12.4 Å². The summed E-state index contributed by atoms with van der Waals surface area (Å²) in [5, 5.41) is 0. The van der Waals surface area contributed by atoms with E-state index in [1.165, 1.54) is 0 Å². The van der Waals surface area contributed by atoms with Gasteiger partial charge >= 0.3 is 0 Å². The van der Waals surface area contributed by atoms with Gasteiger partial charge in [0.2, 0.25) is 0 Å². The van der Waals surface area contributed by atoms with Gasteiger partial charge in [-0.25, -0.2) is 0 Å². The molecule has 1 nitrogen and oxygen atoms in total. The van der Waals surface area contributed by atoms with Gasteiger partial charge in [-0.1, -0.05) is 0 Å². The number of hydrogen-bond acceptors (Lipinski definition) is 1. The molecule has 0 saturated heterocycles. The maximum Gasteiger partial charge on any atom is 0.0413 e. The normalized spacial score (nSPS) is 9.25. The van der Waals surface area contributed by atoms with Crippen LogP contribution in [-0.4, -0.2) is 4.98 Å². The van der Waals surface area contributed by atoms with Crippen molar-refractivity contribution in [2.75, 3.05) is 0 Å². The minimum atomic E-state index is 1.01. The highest BCUT2D eigenvalue weighted by molar-refractivity contribution is 9.10. The Kier molecular flexibility index (Phi) is 1.63. The number of aromatic nitrogens is 1. The van der Waals surface area contributed by atoms with E-state index in [4.69, 9.17) is 0 Å². The minimum Gasteiger partial charge on any atom is -0.263 e. The molecule has 0 atom stereocenters. The molecule has 8 heavy (non-hydrogen) atoms. The molecule has 0 unspecified atom stereocenters. The fourth-order valence-electron chi connectivity index (χ4n) is 0.403. The predicted octanol–water partition coefficient (Wildman–Crippen LogP) is 1.95. The van der Waals surface area contributed by atoms with Crippen molar-refractivity contribution in [1.82, 2.24) is 4.98 Å². The van der Waals surface area contributed by atoms with Crippen molar-refractivity contribution in [3.8, 4) is 0 Å². The molecule has 0 aliphatic carbocycles. The fraction of sp³-hybridized carbons (Fsp3) is 0.167. The standard InChI is InChI=1S/C6H5BrN/c1-5-2-3-8-4-6(5)7/h3-4H,1H3. The zero-order valence-electron chi connectivity index (χ0n) is 4.48. The second-order valence-electron chi connectivity index (χ2n) is 1.52. The van der Waals surface area contributed by atoms with Gasteiger partial charge in [0.15, 0.2) is 0 Å². The molecule has 0 aromatic carbocycles. The van der Waals surface area contributed by atoms with E-state index >= 15 is 0 Å². The third-order valence-electron chi connectivity index (χ3n) is 0.902. The van der Waals surface area contributed by atoms with Gasteiger partial charge in [0, 0.05) is 22.9 Å². The summed E-state index contributed by atoms with van der Waals surface area (Å²) in [5.41, 5.74) is 1.10. The lowest BCUT2D eigenvalue weighted by molar-refractivity contribution is 1.25. The quantitative estimate of drug-likeness (QED) is 0.581. The summed E-state index contributed by atoms with van der Waals surface area (Å²) in [6.45, 7) is 1.98. The van der Waals surface area contributed by atoms with Crippen LogP contribution in [0.3, 0.4) is 0 Å². The van der Waals surface area contributed by atoms with E-state index < -0.39 is 0 Å². The number of hydrogen-bond donors (Lipinski definition) is 0. The van der Waals surface area contributed by atoms with E-state index in [0.29, 0.717) is 0 Å².